The summed E-state index contributed by atoms with van der Waals surface area (Å²) in [7, 11) is 0. The Kier molecular flexibility index (Phi) is 7.26. The minimum atomic E-state index is 0.253. The molecule has 0 fully saturated rings. The van der Waals surface area contributed by atoms with E-state index in [-0.39, 0.29) is 5.75 Å². The van der Waals surface area contributed by atoms with Gasteiger partial charge < -0.3 is 10.1 Å². The first-order chi connectivity index (χ1) is 8.75. The number of phenolic OH excluding ortho intramolecular Hbond substituents is 1. The van der Waals surface area contributed by atoms with Crippen molar-refractivity contribution in [2.75, 3.05) is 11.6 Å². The van der Waals surface area contributed by atoms with E-state index in [1.165, 1.54) is 38.5 Å². The molecule has 3 nitrogen and oxygen atoms in total. The van der Waals surface area contributed by atoms with E-state index >= 15 is 0 Å². The van der Waals surface area contributed by atoms with E-state index in [2.05, 4.69) is 6.92 Å². The molecule has 1 aromatic carbocycles. The number of hydrogen-bond acceptors (Lipinski definition) is 3. The number of hydrazine groups is 1. The molecule has 0 bridgehead atoms. The van der Waals surface area contributed by atoms with Crippen LogP contribution in [0.2, 0.25) is 0 Å². The largest absolute Gasteiger partial charge is 0.506 e. The minimum Gasteiger partial charge on any atom is -0.506 e. The van der Waals surface area contributed by atoms with Crippen molar-refractivity contribution in [1.29, 1.82) is 0 Å². The molecule has 0 unspecified atom stereocenters. The van der Waals surface area contributed by atoms with Gasteiger partial charge >= 0.3 is 0 Å². The van der Waals surface area contributed by atoms with Crippen LogP contribution in [0.15, 0.2) is 24.3 Å². The average Bonchev–Trinajstić information content (AvgIpc) is 2.38. The highest BCUT2D eigenvalue weighted by Crippen LogP contribution is 2.24. The van der Waals surface area contributed by atoms with Gasteiger partial charge in [0.2, 0.25) is 0 Å². The van der Waals surface area contributed by atoms with Crippen LogP contribution >= 0.6 is 0 Å². The Bertz CT molecular complexity index is 328. The molecule has 0 atom stereocenters. The van der Waals surface area contributed by atoms with Crippen LogP contribution in [0.3, 0.4) is 0 Å². The lowest BCUT2D eigenvalue weighted by molar-refractivity contribution is 0.473. The molecule has 0 aromatic heterocycles. The molecule has 1 aromatic rings. The molecule has 0 saturated carbocycles. The first kappa shape index (κ1) is 14.8. The molecule has 0 heterocycles. The number of unbranched alkanes of at least 4 members (excludes halogenated alkanes) is 6. The predicted octanol–water partition coefficient (Wildman–Crippen LogP) is 3.82. The summed E-state index contributed by atoms with van der Waals surface area (Å²) >= 11 is 0. The van der Waals surface area contributed by atoms with Crippen LogP contribution in [0.5, 0.6) is 5.75 Å². The van der Waals surface area contributed by atoms with Crippen LogP contribution < -0.4 is 10.9 Å². The molecule has 18 heavy (non-hydrogen) atoms. The maximum absolute atomic E-state index is 9.66. The van der Waals surface area contributed by atoms with Gasteiger partial charge in [-0.2, -0.15) is 0 Å². The van der Waals surface area contributed by atoms with E-state index in [4.69, 9.17) is 5.84 Å². The maximum Gasteiger partial charge on any atom is 0.140 e. The van der Waals surface area contributed by atoms with Gasteiger partial charge in [0.15, 0.2) is 0 Å². The number of anilines is 1. The fourth-order valence-electron chi connectivity index (χ4n) is 2.07. The Labute approximate surface area is 111 Å². The summed E-state index contributed by atoms with van der Waals surface area (Å²) in [5, 5.41) is 11.3. The van der Waals surface area contributed by atoms with Gasteiger partial charge in [0, 0.05) is 6.54 Å². The summed E-state index contributed by atoms with van der Waals surface area (Å²) in [5.74, 6) is 6.18. The highest BCUT2D eigenvalue weighted by molar-refractivity contribution is 5.56. The Hall–Kier alpha value is -1.22. The lowest BCUT2D eigenvalue weighted by atomic mass is 10.1. The standard InChI is InChI=1S/C15H26N2O/c1-2-3-4-5-6-7-10-13-17(16)14-11-8-9-12-15(14)18/h8-9,11-12,18H,2-7,10,13,16H2,1H3. The third-order valence-electron chi connectivity index (χ3n) is 3.19. The Morgan fingerprint density at radius 2 is 1.61 bits per heavy atom. The van der Waals surface area contributed by atoms with Crippen LogP contribution in [0.1, 0.15) is 51.9 Å². The SMILES string of the molecule is CCCCCCCCCN(N)c1ccccc1O. The van der Waals surface area contributed by atoms with E-state index in [0.717, 1.165) is 13.0 Å². The second kappa shape index (κ2) is 8.81. The zero-order chi connectivity index (χ0) is 13.2. The number of phenols is 1. The molecular weight excluding hydrogens is 224 g/mol. The second-order valence-electron chi connectivity index (χ2n) is 4.80. The van der Waals surface area contributed by atoms with Crippen molar-refractivity contribution in [1.82, 2.24) is 0 Å². The van der Waals surface area contributed by atoms with E-state index in [0.29, 0.717) is 5.69 Å². The Morgan fingerprint density at radius 1 is 1.00 bits per heavy atom. The third-order valence-corrected chi connectivity index (χ3v) is 3.19. The highest BCUT2D eigenvalue weighted by Gasteiger charge is 2.05. The summed E-state index contributed by atoms with van der Waals surface area (Å²) in [6, 6.07) is 7.20. The van der Waals surface area contributed by atoms with Crippen molar-refractivity contribution in [3.63, 3.8) is 0 Å². The van der Waals surface area contributed by atoms with Crippen molar-refractivity contribution in [3.8, 4) is 5.75 Å². The molecule has 0 aliphatic carbocycles. The van der Waals surface area contributed by atoms with Crippen LogP contribution in [0.4, 0.5) is 5.69 Å². The van der Waals surface area contributed by atoms with Crippen molar-refractivity contribution in [2.45, 2.75) is 51.9 Å². The molecular formula is C15H26N2O. The number of nitrogens with two attached hydrogens (primary N) is 1. The third kappa shape index (κ3) is 5.41. The number of hydrogen-bond donors (Lipinski definition) is 2. The topological polar surface area (TPSA) is 49.5 Å². The number of aromatic hydroxyl groups is 1. The molecule has 1 rings (SSSR count). The van der Waals surface area contributed by atoms with Crippen LogP contribution in [-0.2, 0) is 0 Å². The highest BCUT2D eigenvalue weighted by atomic mass is 16.3. The first-order valence-electron chi connectivity index (χ1n) is 7.06. The molecule has 0 aliphatic rings. The maximum atomic E-state index is 9.66. The van der Waals surface area contributed by atoms with Crippen LogP contribution in [0, 0.1) is 0 Å². The summed E-state index contributed by atoms with van der Waals surface area (Å²) in [6.45, 7) is 3.03. The lowest BCUT2D eigenvalue weighted by Crippen LogP contribution is -2.31. The quantitative estimate of drug-likeness (QED) is 0.398. The fraction of sp³-hybridized carbons (Fsp3) is 0.600. The van der Waals surface area contributed by atoms with Gasteiger partial charge in [0.1, 0.15) is 5.75 Å². The zero-order valence-electron chi connectivity index (χ0n) is 11.4. The van der Waals surface area contributed by atoms with Crippen molar-refractivity contribution in [3.05, 3.63) is 24.3 Å². The zero-order valence-corrected chi connectivity index (χ0v) is 11.4. The van der Waals surface area contributed by atoms with Gasteiger partial charge in [-0.15, -0.1) is 0 Å². The Balaban J connectivity index is 2.14. The van der Waals surface area contributed by atoms with Crippen molar-refractivity contribution in [2.24, 2.45) is 5.84 Å². The van der Waals surface area contributed by atoms with Crippen molar-refractivity contribution >= 4 is 5.69 Å². The average molecular weight is 250 g/mol. The predicted molar refractivity (Wildman–Crippen MR) is 77.6 cm³/mol. The number of benzene rings is 1. The minimum absolute atomic E-state index is 0.253. The molecule has 0 saturated heterocycles. The number of rotatable bonds is 9. The summed E-state index contributed by atoms with van der Waals surface area (Å²) in [5.41, 5.74) is 0.712. The molecule has 3 heteroatoms. The normalized spacial score (nSPS) is 10.6. The van der Waals surface area contributed by atoms with E-state index in [9.17, 15) is 5.11 Å². The van der Waals surface area contributed by atoms with Crippen LogP contribution in [-0.4, -0.2) is 11.7 Å². The smallest absolute Gasteiger partial charge is 0.140 e. The van der Waals surface area contributed by atoms with E-state index in [1.807, 2.05) is 12.1 Å². The number of para-hydroxylation sites is 2. The summed E-state index contributed by atoms with van der Waals surface area (Å²) in [6.07, 6.45) is 8.90. The lowest BCUT2D eigenvalue weighted by Gasteiger charge is -2.19. The number of nitrogens with zero attached hydrogens (tertiary/aromatic N) is 1. The van der Waals surface area contributed by atoms with Gasteiger partial charge in [0.25, 0.3) is 0 Å². The van der Waals surface area contributed by atoms with E-state index < -0.39 is 0 Å². The van der Waals surface area contributed by atoms with Gasteiger partial charge in [0.05, 0.1) is 5.69 Å². The second-order valence-corrected chi connectivity index (χ2v) is 4.80. The molecule has 102 valence electrons. The molecule has 0 spiro atoms. The molecule has 0 aliphatic heterocycles. The monoisotopic (exact) mass is 250 g/mol. The van der Waals surface area contributed by atoms with Crippen LogP contribution in [0.25, 0.3) is 0 Å². The van der Waals surface area contributed by atoms with Gasteiger partial charge in [-0.1, -0.05) is 57.6 Å². The molecule has 0 amide bonds. The van der Waals surface area contributed by atoms with E-state index in [1.54, 1.807) is 17.1 Å². The van der Waals surface area contributed by atoms with Gasteiger partial charge in [-0.25, -0.2) is 5.84 Å². The molecule has 0 radical (unpaired) electrons. The first-order valence-corrected chi connectivity index (χ1v) is 7.06. The Morgan fingerprint density at radius 3 is 2.28 bits per heavy atom. The van der Waals surface area contributed by atoms with Gasteiger partial charge in [-0.3, -0.25) is 0 Å². The van der Waals surface area contributed by atoms with Crippen molar-refractivity contribution < 1.29 is 5.11 Å². The van der Waals surface area contributed by atoms with Gasteiger partial charge in [-0.05, 0) is 18.6 Å². The summed E-state index contributed by atoms with van der Waals surface area (Å²) in [4.78, 5) is 0. The summed E-state index contributed by atoms with van der Waals surface area (Å²) < 4.78 is 0. The fourth-order valence-corrected chi connectivity index (χ4v) is 2.07. The molecule has 3 N–H and O–H groups in total.